The zero-order valence-corrected chi connectivity index (χ0v) is 11.4. The van der Waals surface area contributed by atoms with Gasteiger partial charge in [-0.15, -0.1) is 0 Å². The van der Waals surface area contributed by atoms with E-state index in [9.17, 15) is 4.79 Å². The number of nitrogens with zero attached hydrogens (tertiary/aromatic N) is 2. The Morgan fingerprint density at radius 2 is 1.90 bits per heavy atom. The summed E-state index contributed by atoms with van der Waals surface area (Å²) in [6.45, 7) is 1.72. The SMILES string of the molecule is O=C(C=Cc1nc2ccccc2o1)N1CCCCCC1. The van der Waals surface area contributed by atoms with Crippen LogP contribution in [-0.2, 0) is 4.79 Å². The van der Waals surface area contributed by atoms with E-state index in [0.29, 0.717) is 5.89 Å². The molecule has 1 saturated heterocycles. The maximum Gasteiger partial charge on any atom is 0.246 e. The monoisotopic (exact) mass is 270 g/mol. The van der Waals surface area contributed by atoms with E-state index >= 15 is 0 Å². The van der Waals surface area contributed by atoms with Crippen LogP contribution in [0.4, 0.5) is 0 Å². The first-order valence-corrected chi connectivity index (χ1v) is 7.15. The van der Waals surface area contributed by atoms with Gasteiger partial charge in [-0.1, -0.05) is 25.0 Å². The Labute approximate surface area is 118 Å². The number of hydrogen-bond donors (Lipinski definition) is 0. The fourth-order valence-electron chi connectivity index (χ4n) is 2.50. The van der Waals surface area contributed by atoms with Crippen LogP contribution in [0.2, 0.25) is 0 Å². The zero-order valence-electron chi connectivity index (χ0n) is 11.4. The minimum atomic E-state index is 0.0501. The molecule has 1 aliphatic heterocycles. The van der Waals surface area contributed by atoms with Gasteiger partial charge in [0, 0.05) is 25.2 Å². The highest BCUT2D eigenvalue weighted by molar-refractivity contribution is 5.91. The molecule has 2 heterocycles. The van der Waals surface area contributed by atoms with E-state index in [2.05, 4.69) is 4.98 Å². The van der Waals surface area contributed by atoms with Gasteiger partial charge in [0.05, 0.1) is 0 Å². The Kier molecular flexibility index (Phi) is 3.81. The highest BCUT2D eigenvalue weighted by Gasteiger charge is 2.13. The molecule has 104 valence electrons. The number of oxazole rings is 1. The molecule has 0 spiro atoms. The molecule has 20 heavy (non-hydrogen) atoms. The van der Waals surface area contributed by atoms with E-state index in [-0.39, 0.29) is 5.91 Å². The van der Waals surface area contributed by atoms with Crippen LogP contribution in [0.25, 0.3) is 17.2 Å². The first kappa shape index (κ1) is 12.9. The average molecular weight is 270 g/mol. The number of carbonyl (C=O) groups is 1. The largest absolute Gasteiger partial charge is 0.437 e. The molecule has 0 bridgehead atoms. The Morgan fingerprint density at radius 1 is 1.15 bits per heavy atom. The smallest absolute Gasteiger partial charge is 0.246 e. The van der Waals surface area contributed by atoms with E-state index in [1.807, 2.05) is 29.2 Å². The van der Waals surface area contributed by atoms with Gasteiger partial charge in [0.15, 0.2) is 5.58 Å². The molecule has 1 aliphatic rings. The molecule has 1 fully saturated rings. The van der Waals surface area contributed by atoms with E-state index in [4.69, 9.17) is 4.42 Å². The highest BCUT2D eigenvalue weighted by Crippen LogP contribution is 2.16. The van der Waals surface area contributed by atoms with Crippen molar-refractivity contribution in [2.75, 3.05) is 13.1 Å². The summed E-state index contributed by atoms with van der Waals surface area (Å²) in [4.78, 5) is 18.3. The Bertz CT molecular complexity index is 589. The van der Waals surface area contributed by atoms with E-state index in [0.717, 1.165) is 37.0 Å². The fraction of sp³-hybridized carbons (Fsp3) is 0.375. The lowest BCUT2D eigenvalue weighted by atomic mass is 10.2. The van der Waals surface area contributed by atoms with Crippen molar-refractivity contribution in [1.29, 1.82) is 0 Å². The molecule has 2 aromatic rings. The van der Waals surface area contributed by atoms with Gasteiger partial charge in [0.2, 0.25) is 11.8 Å². The number of carbonyl (C=O) groups excluding carboxylic acids is 1. The molecule has 4 nitrogen and oxygen atoms in total. The van der Waals surface area contributed by atoms with Crippen molar-refractivity contribution in [3.8, 4) is 0 Å². The van der Waals surface area contributed by atoms with Gasteiger partial charge in [0.1, 0.15) is 5.52 Å². The number of aromatic nitrogens is 1. The molecule has 4 heteroatoms. The van der Waals surface area contributed by atoms with Gasteiger partial charge in [-0.2, -0.15) is 0 Å². The number of para-hydroxylation sites is 2. The summed E-state index contributed by atoms with van der Waals surface area (Å²) in [5.41, 5.74) is 1.56. The Morgan fingerprint density at radius 3 is 2.65 bits per heavy atom. The summed E-state index contributed by atoms with van der Waals surface area (Å²) in [7, 11) is 0. The van der Waals surface area contributed by atoms with Gasteiger partial charge in [-0.3, -0.25) is 4.79 Å². The van der Waals surface area contributed by atoms with Crippen LogP contribution >= 0.6 is 0 Å². The summed E-state index contributed by atoms with van der Waals surface area (Å²) in [6, 6.07) is 7.59. The quantitative estimate of drug-likeness (QED) is 0.787. The molecule has 3 rings (SSSR count). The third kappa shape index (κ3) is 2.90. The average Bonchev–Trinajstić information content (AvgIpc) is 2.69. The zero-order chi connectivity index (χ0) is 13.8. The van der Waals surface area contributed by atoms with Crippen molar-refractivity contribution < 1.29 is 9.21 Å². The fourth-order valence-corrected chi connectivity index (χ4v) is 2.50. The van der Waals surface area contributed by atoms with Crippen molar-refractivity contribution >= 4 is 23.1 Å². The molecule has 0 atom stereocenters. The summed E-state index contributed by atoms with van der Waals surface area (Å²) in [5.74, 6) is 0.531. The Balaban J connectivity index is 1.70. The van der Waals surface area contributed by atoms with Crippen molar-refractivity contribution in [3.63, 3.8) is 0 Å². The first-order chi connectivity index (χ1) is 9.83. The van der Waals surface area contributed by atoms with E-state index in [1.165, 1.54) is 12.8 Å². The van der Waals surface area contributed by atoms with E-state index < -0.39 is 0 Å². The number of rotatable bonds is 2. The molecule has 0 unspecified atom stereocenters. The molecule has 0 saturated carbocycles. The topological polar surface area (TPSA) is 46.3 Å². The standard InChI is InChI=1S/C16H18N2O2/c19-16(18-11-5-1-2-6-12-18)10-9-15-17-13-7-3-4-8-14(13)20-15/h3-4,7-10H,1-2,5-6,11-12H2. The number of hydrogen-bond acceptors (Lipinski definition) is 3. The van der Waals surface area contributed by atoms with Crippen molar-refractivity contribution in [2.24, 2.45) is 0 Å². The van der Waals surface area contributed by atoms with Gasteiger partial charge < -0.3 is 9.32 Å². The minimum Gasteiger partial charge on any atom is -0.437 e. The minimum absolute atomic E-state index is 0.0501. The summed E-state index contributed by atoms with van der Waals surface area (Å²) >= 11 is 0. The predicted octanol–water partition coefficient (Wildman–Crippen LogP) is 3.24. The summed E-state index contributed by atoms with van der Waals surface area (Å²) in [6.07, 6.45) is 7.87. The molecular formula is C16H18N2O2. The van der Waals surface area contributed by atoms with E-state index in [1.54, 1.807) is 12.2 Å². The number of fused-ring (bicyclic) bond motifs is 1. The molecule has 0 radical (unpaired) electrons. The Hall–Kier alpha value is -2.10. The molecule has 0 N–H and O–H groups in total. The van der Waals surface area contributed by atoms with Gasteiger partial charge >= 0.3 is 0 Å². The molecule has 1 aromatic carbocycles. The molecule has 0 aliphatic carbocycles. The number of likely N-dealkylation sites (tertiary alicyclic amines) is 1. The maximum absolute atomic E-state index is 12.1. The molecular weight excluding hydrogens is 252 g/mol. The molecule has 1 amide bonds. The number of amides is 1. The van der Waals surface area contributed by atoms with Crippen molar-refractivity contribution in [3.05, 3.63) is 36.2 Å². The lowest BCUT2D eigenvalue weighted by Gasteiger charge is -2.17. The molecule has 1 aromatic heterocycles. The lowest BCUT2D eigenvalue weighted by molar-refractivity contribution is -0.125. The normalized spacial score (nSPS) is 16.7. The number of benzene rings is 1. The van der Waals surface area contributed by atoms with Crippen molar-refractivity contribution in [1.82, 2.24) is 9.88 Å². The van der Waals surface area contributed by atoms with Crippen LogP contribution in [-0.4, -0.2) is 28.9 Å². The third-order valence-electron chi connectivity index (χ3n) is 3.60. The second kappa shape index (κ2) is 5.90. The van der Waals surface area contributed by atoms with Crippen LogP contribution in [0.3, 0.4) is 0 Å². The van der Waals surface area contributed by atoms with Crippen LogP contribution in [0.15, 0.2) is 34.8 Å². The second-order valence-corrected chi connectivity index (χ2v) is 5.09. The summed E-state index contributed by atoms with van der Waals surface area (Å²) < 4.78 is 5.56. The van der Waals surface area contributed by atoms with Gasteiger partial charge in [-0.25, -0.2) is 4.98 Å². The predicted molar refractivity (Wildman–Crippen MR) is 78.1 cm³/mol. The first-order valence-electron chi connectivity index (χ1n) is 7.15. The van der Waals surface area contributed by atoms with Crippen LogP contribution in [0, 0.1) is 0 Å². The maximum atomic E-state index is 12.1. The van der Waals surface area contributed by atoms with Crippen LogP contribution in [0.1, 0.15) is 31.6 Å². The van der Waals surface area contributed by atoms with Crippen LogP contribution < -0.4 is 0 Å². The highest BCUT2D eigenvalue weighted by atomic mass is 16.3. The van der Waals surface area contributed by atoms with Gasteiger partial charge in [-0.05, 0) is 25.0 Å². The summed E-state index contributed by atoms with van der Waals surface area (Å²) in [5, 5.41) is 0. The third-order valence-corrected chi connectivity index (χ3v) is 3.60. The lowest BCUT2D eigenvalue weighted by Crippen LogP contribution is -2.30. The second-order valence-electron chi connectivity index (χ2n) is 5.09. The van der Waals surface area contributed by atoms with Crippen LogP contribution in [0.5, 0.6) is 0 Å². The van der Waals surface area contributed by atoms with Crippen molar-refractivity contribution in [2.45, 2.75) is 25.7 Å². The van der Waals surface area contributed by atoms with Gasteiger partial charge in [0.25, 0.3) is 0 Å².